The zero-order valence-electron chi connectivity index (χ0n) is 14.0. The van der Waals surface area contributed by atoms with E-state index < -0.39 is 7.14 Å². The Morgan fingerprint density at radius 2 is 1.24 bits per heavy atom. The Hall–Kier alpha value is -2.02. The summed E-state index contributed by atoms with van der Waals surface area (Å²) in [5.41, 5.74) is 0. The van der Waals surface area contributed by atoms with Crippen molar-refractivity contribution in [2.75, 3.05) is 0 Å². The van der Waals surface area contributed by atoms with E-state index >= 15 is 0 Å². The summed E-state index contributed by atoms with van der Waals surface area (Å²) in [6.07, 6.45) is 2.56. The molecule has 1 nitrogen and oxygen atoms in total. The molecule has 0 aromatic heterocycles. The molecule has 126 valence electrons. The standard InChI is InChI=1S/C22H21OPS/c1-2-12-22(25-21-17-10-5-11-18-21)24(23,19-13-6-3-7-14-19)20-15-8-4-9-16-20/h2-11,13-18,22H,1,12H2. The molecule has 0 N–H and O–H groups in total. The van der Waals surface area contributed by atoms with Crippen LogP contribution >= 0.6 is 18.9 Å². The Balaban J connectivity index is 2.11. The van der Waals surface area contributed by atoms with Crippen LogP contribution in [0.2, 0.25) is 0 Å². The van der Waals surface area contributed by atoms with Gasteiger partial charge in [-0.15, -0.1) is 18.3 Å². The molecule has 3 aromatic rings. The van der Waals surface area contributed by atoms with Gasteiger partial charge in [-0.1, -0.05) is 84.9 Å². The minimum atomic E-state index is -2.82. The number of benzene rings is 3. The van der Waals surface area contributed by atoms with E-state index in [0.29, 0.717) is 6.42 Å². The maximum absolute atomic E-state index is 14.4. The Bertz CT molecular complexity index is 803. The van der Waals surface area contributed by atoms with Gasteiger partial charge in [-0.3, -0.25) is 0 Å². The highest BCUT2D eigenvalue weighted by Crippen LogP contribution is 2.56. The third-order valence-electron chi connectivity index (χ3n) is 4.07. The van der Waals surface area contributed by atoms with E-state index in [1.54, 1.807) is 11.8 Å². The number of hydrogen-bond acceptors (Lipinski definition) is 2. The number of rotatable bonds is 7. The highest BCUT2D eigenvalue weighted by Gasteiger charge is 2.36. The monoisotopic (exact) mass is 364 g/mol. The molecule has 0 aliphatic carbocycles. The fourth-order valence-corrected chi connectivity index (χ4v) is 8.04. The molecular weight excluding hydrogens is 343 g/mol. The molecule has 0 amide bonds. The minimum absolute atomic E-state index is 0.0859. The Morgan fingerprint density at radius 1 is 0.800 bits per heavy atom. The van der Waals surface area contributed by atoms with Gasteiger partial charge in [-0.05, 0) is 18.6 Å². The highest BCUT2D eigenvalue weighted by atomic mass is 32.2. The molecule has 0 fully saturated rings. The number of allylic oxidation sites excluding steroid dienone is 1. The van der Waals surface area contributed by atoms with Gasteiger partial charge in [0.2, 0.25) is 0 Å². The molecule has 0 saturated carbocycles. The lowest BCUT2D eigenvalue weighted by atomic mass is 10.4. The van der Waals surface area contributed by atoms with Gasteiger partial charge in [0, 0.05) is 15.5 Å². The lowest BCUT2D eigenvalue weighted by molar-refractivity contribution is 0.585. The van der Waals surface area contributed by atoms with Gasteiger partial charge in [0.1, 0.15) is 0 Å². The summed E-state index contributed by atoms with van der Waals surface area (Å²) in [5, 5.41) is 1.80. The number of thioether (sulfide) groups is 1. The third kappa shape index (κ3) is 3.98. The molecule has 0 bridgehead atoms. The summed E-state index contributed by atoms with van der Waals surface area (Å²) in [5.74, 6) is 0. The predicted molar refractivity (Wildman–Crippen MR) is 111 cm³/mol. The summed E-state index contributed by atoms with van der Waals surface area (Å²) in [6.45, 7) is 3.91. The number of hydrogen-bond donors (Lipinski definition) is 0. The van der Waals surface area contributed by atoms with Crippen LogP contribution in [0.15, 0.2) is 109 Å². The molecule has 0 radical (unpaired) electrons. The van der Waals surface area contributed by atoms with Gasteiger partial charge in [0.05, 0.1) is 4.99 Å². The molecule has 1 unspecified atom stereocenters. The quantitative estimate of drug-likeness (QED) is 0.304. The fraction of sp³-hybridized carbons (Fsp3) is 0.0909. The Morgan fingerprint density at radius 3 is 1.68 bits per heavy atom. The van der Waals surface area contributed by atoms with E-state index in [1.807, 2.05) is 84.9 Å². The Kier molecular flexibility index (Phi) is 5.96. The van der Waals surface area contributed by atoms with Gasteiger partial charge >= 0.3 is 0 Å². The molecule has 0 saturated heterocycles. The van der Waals surface area contributed by atoms with Gasteiger partial charge in [0.15, 0.2) is 7.14 Å². The lowest BCUT2D eigenvalue weighted by Crippen LogP contribution is -2.23. The molecule has 0 aliphatic heterocycles. The summed E-state index contributed by atoms with van der Waals surface area (Å²) in [7, 11) is -2.82. The van der Waals surface area contributed by atoms with Crippen LogP contribution < -0.4 is 10.6 Å². The van der Waals surface area contributed by atoms with Crippen LogP contribution in [0, 0.1) is 0 Å². The molecule has 0 spiro atoms. The van der Waals surface area contributed by atoms with E-state index in [1.165, 1.54) is 0 Å². The molecule has 3 heteroatoms. The van der Waals surface area contributed by atoms with Crippen LogP contribution in [0.3, 0.4) is 0 Å². The topological polar surface area (TPSA) is 17.1 Å². The first kappa shape index (κ1) is 17.8. The molecular formula is C22H21OPS. The van der Waals surface area contributed by atoms with Gasteiger partial charge in [-0.25, -0.2) is 0 Å². The zero-order chi connectivity index (χ0) is 17.5. The van der Waals surface area contributed by atoms with Crippen molar-refractivity contribution in [3.05, 3.63) is 104 Å². The molecule has 1 atom stereocenters. The third-order valence-corrected chi connectivity index (χ3v) is 9.44. The van der Waals surface area contributed by atoms with Crippen molar-refractivity contribution < 1.29 is 4.57 Å². The van der Waals surface area contributed by atoms with Crippen molar-refractivity contribution in [2.24, 2.45) is 0 Å². The van der Waals surface area contributed by atoms with Crippen LogP contribution in [-0.4, -0.2) is 4.99 Å². The van der Waals surface area contributed by atoms with E-state index in [2.05, 4.69) is 18.7 Å². The summed E-state index contributed by atoms with van der Waals surface area (Å²) in [6, 6.07) is 29.9. The van der Waals surface area contributed by atoms with Crippen molar-refractivity contribution in [1.29, 1.82) is 0 Å². The fourth-order valence-electron chi connectivity index (χ4n) is 2.85. The largest absolute Gasteiger partial charge is 0.312 e. The SMILES string of the molecule is C=CCC(Sc1ccccc1)P(=O)(c1ccccc1)c1ccccc1. The first-order chi connectivity index (χ1) is 12.2. The average molecular weight is 364 g/mol. The van der Waals surface area contributed by atoms with Crippen molar-refractivity contribution in [3.63, 3.8) is 0 Å². The second kappa shape index (κ2) is 8.38. The van der Waals surface area contributed by atoms with Crippen LogP contribution in [0.5, 0.6) is 0 Å². The van der Waals surface area contributed by atoms with Gasteiger partial charge in [0.25, 0.3) is 0 Å². The highest BCUT2D eigenvalue weighted by molar-refractivity contribution is 8.08. The van der Waals surface area contributed by atoms with E-state index in [0.717, 1.165) is 15.5 Å². The predicted octanol–water partition coefficient (Wildman–Crippen LogP) is 5.70. The first-order valence-corrected chi connectivity index (χ1v) is 10.9. The van der Waals surface area contributed by atoms with Crippen molar-refractivity contribution in [3.8, 4) is 0 Å². The van der Waals surface area contributed by atoms with Crippen LogP contribution in [0.1, 0.15) is 6.42 Å². The maximum Gasteiger partial charge on any atom is 0.156 e. The van der Waals surface area contributed by atoms with Crippen molar-refractivity contribution >= 4 is 29.5 Å². The minimum Gasteiger partial charge on any atom is -0.312 e. The maximum atomic E-state index is 14.4. The second-order valence-corrected chi connectivity index (χ2v) is 10.3. The smallest absolute Gasteiger partial charge is 0.156 e. The molecule has 0 aliphatic rings. The van der Waals surface area contributed by atoms with Gasteiger partial charge in [-0.2, -0.15) is 0 Å². The van der Waals surface area contributed by atoms with Crippen molar-refractivity contribution in [2.45, 2.75) is 16.3 Å². The van der Waals surface area contributed by atoms with Crippen LogP contribution in [-0.2, 0) is 4.57 Å². The van der Waals surface area contributed by atoms with Crippen LogP contribution in [0.25, 0.3) is 0 Å². The zero-order valence-corrected chi connectivity index (χ0v) is 15.7. The molecule has 3 aromatic carbocycles. The first-order valence-electron chi connectivity index (χ1n) is 8.28. The lowest BCUT2D eigenvalue weighted by Gasteiger charge is -2.27. The van der Waals surface area contributed by atoms with E-state index in [-0.39, 0.29) is 4.99 Å². The summed E-state index contributed by atoms with van der Waals surface area (Å²) < 4.78 is 14.4. The van der Waals surface area contributed by atoms with Crippen molar-refractivity contribution in [1.82, 2.24) is 0 Å². The molecule has 3 rings (SSSR count). The molecule has 0 heterocycles. The van der Waals surface area contributed by atoms with E-state index in [9.17, 15) is 4.57 Å². The Labute approximate surface area is 154 Å². The van der Waals surface area contributed by atoms with Crippen LogP contribution in [0.4, 0.5) is 0 Å². The molecule has 25 heavy (non-hydrogen) atoms. The normalized spacial score (nSPS) is 12.5. The van der Waals surface area contributed by atoms with Gasteiger partial charge < -0.3 is 4.57 Å². The summed E-state index contributed by atoms with van der Waals surface area (Å²) >= 11 is 1.68. The van der Waals surface area contributed by atoms with E-state index in [4.69, 9.17) is 0 Å². The summed E-state index contributed by atoms with van der Waals surface area (Å²) in [4.78, 5) is 1.04. The average Bonchev–Trinajstić information content (AvgIpc) is 2.69. The second-order valence-electron chi connectivity index (χ2n) is 5.74.